The van der Waals surface area contributed by atoms with Crippen molar-refractivity contribution in [3.8, 4) is 0 Å². The molecule has 0 aromatic rings. The smallest absolute Gasteiger partial charge is 0.240 e. The molecule has 1 heterocycles. The van der Waals surface area contributed by atoms with Crippen molar-refractivity contribution in [3.63, 3.8) is 0 Å². The normalized spacial score (nSPS) is 21.1. The Hall–Kier alpha value is -0.650. The van der Waals surface area contributed by atoms with E-state index in [1.54, 1.807) is 7.11 Å². The summed E-state index contributed by atoms with van der Waals surface area (Å²) < 4.78 is 5.08. The van der Waals surface area contributed by atoms with Crippen LogP contribution in [0.3, 0.4) is 0 Å². The number of carbonyl (C=O) groups is 1. The molecule has 1 aliphatic heterocycles. The van der Waals surface area contributed by atoms with Gasteiger partial charge in [-0.05, 0) is 26.2 Å². The summed E-state index contributed by atoms with van der Waals surface area (Å²) in [5.74, 6) is -0.00954. The predicted molar refractivity (Wildman–Crippen MR) is 77.0 cm³/mol. The topological polar surface area (TPSA) is 67.6 Å². The Morgan fingerprint density at radius 2 is 2.11 bits per heavy atom. The quantitative estimate of drug-likeness (QED) is 0.716. The lowest BCUT2D eigenvalue weighted by Gasteiger charge is -2.34. The molecule has 19 heavy (non-hydrogen) atoms. The third-order valence-electron chi connectivity index (χ3n) is 3.82. The van der Waals surface area contributed by atoms with Gasteiger partial charge in [-0.25, -0.2) is 0 Å². The van der Waals surface area contributed by atoms with Gasteiger partial charge in [0.2, 0.25) is 5.91 Å². The van der Waals surface area contributed by atoms with Gasteiger partial charge < -0.3 is 20.7 Å². The van der Waals surface area contributed by atoms with Crippen molar-refractivity contribution in [2.24, 2.45) is 5.73 Å². The molecule has 1 amide bonds. The molecule has 1 saturated heterocycles. The standard InChI is InChI=1S/C14H29N3O2/c1-4-7-14(2,15)13(18)16-12-5-8-17(9-6-12)10-11-19-3/h12H,4-11,15H2,1-3H3,(H,16,18). The number of piperidine rings is 1. The molecule has 1 aliphatic rings. The minimum absolute atomic E-state index is 0.00954. The molecule has 0 aromatic carbocycles. The first-order chi connectivity index (χ1) is 8.99. The minimum Gasteiger partial charge on any atom is -0.383 e. The Labute approximate surface area is 116 Å². The van der Waals surface area contributed by atoms with Gasteiger partial charge in [-0.15, -0.1) is 0 Å². The van der Waals surface area contributed by atoms with Gasteiger partial charge in [-0.1, -0.05) is 13.3 Å². The van der Waals surface area contributed by atoms with Gasteiger partial charge in [0, 0.05) is 32.8 Å². The molecule has 1 rings (SSSR count). The van der Waals surface area contributed by atoms with Gasteiger partial charge in [0.15, 0.2) is 0 Å². The summed E-state index contributed by atoms with van der Waals surface area (Å²) in [6.45, 7) is 7.65. The van der Waals surface area contributed by atoms with Gasteiger partial charge in [-0.3, -0.25) is 4.79 Å². The lowest BCUT2D eigenvalue weighted by molar-refractivity contribution is -0.127. The number of hydrogen-bond acceptors (Lipinski definition) is 4. The first-order valence-electron chi connectivity index (χ1n) is 7.30. The van der Waals surface area contributed by atoms with Gasteiger partial charge in [0.1, 0.15) is 0 Å². The van der Waals surface area contributed by atoms with Crippen molar-refractivity contribution in [2.45, 2.75) is 51.1 Å². The van der Waals surface area contributed by atoms with Crippen molar-refractivity contribution < 1.29 is 9.53 Å². The van der Waals surface area contributed by atoms with Crippen LogP contribution in [0.4, 0.5) is 0 Å². The van der Waals surface area contributed by atoms with Crippen molar-refractivity contribution in [3.05, 3.63) is 0 Å². The maximum absolute atomic E-state index is 12.1. The maximum atomic E-state index is 12.1. The summed E-state index contributed by atoms with van der Waals surface area (Å²) in [5, 5.41) is 3.10. The predicted octanol–water partition coefficient (Wildman–Crippen LogP) is 0.731. The summed E-state index contributed by atoms with van der Waals surface area (Å²) in [7, 11) is 1.72. The molecule has 1 fully saturated rings. The largest absolute Gasteiger partial charge is 0.383 e. The second-order valence-electron chi connectivity index (χ2n) is 5.75. The van der Waals surface area contributed by atoms with Gasteiger partial charge in [0.25, 0.3) is 0 Å². The Morgan fingerprint density at radius 1 is 1.47 bits per heavy atom. The van der Waals surface area contributed by atoms with Crippen LogP contribution in [0.15, 0.2) is 0 Å². The van der Waals surface area contributed by atoms with Crippen LogP contribution in [-0.2, 0) is 9.53 Å². The Morgan fingerprint density at radius 3 is 2.63 bits per heavy atom. The Balaban J connectivity index is 2.30. The number of amides is 1. The number of hydrogen-bond donors (Lipinski definition) is 2. The first-order valence-corrected chi connectivity index (χ1v) is 7.30. The van der Waals surface area contributed by atoms with Crippen LogP contribution in [0.2, 0.25) is 0 Å². The first kappa shape index (κ1) is 16.4. The SMILES string of the molecule is CCCC(C)(N)C(=O)NC1CCN(CCOC)CC1. The number of nitrogens with zero attached hydrogens (tertiary/aromatic N) is 1. The zero-order chi connectivity index (χ0) is 14.3. The summed E-state index contributed by atoms with van der Waals surface area (Å²) in [4.78, 5) is 14.5. The highest BCUT2D eigenvalue weighted by Gasteiger charge is 2.30. The lowest BCUT2D eigenvalue weighted by atomic mass is 9.95. The number of nitrogens with two attached hydrogens (primary N) is 1. The van der Waals surface area contributed by atoms with Crippen molar-refractivity contribution in [2.75, 3.05) is 33.4 Å². The average molecular weight is 271 g/mol. The zero-order valence-electron chi connectivity index (χ0n) is 12.6. The van der Waals surface area contributed by atoms with Crippen LogP contribution < -0.4 is 11.1 Å². The number of likely N-dealkylation sites (tertiary alicyclic amines) is 1. The summed E-state index contributed by atoms with van der Waals surface area (Å²) in [6.07, 6.45) is 3.65. The molecule has 0 spiro atoms. The van der Waals surface area contributed by atoms with Crippen LogP contribution in [0, 0.1) is 0 Å². The average Bonchev–Trinajstić information content (AvgIpc) is 2.38. The van der Waals surface area contributed by atoms with E-state index in [0.29, 0.717) is 0 Å². The van der Waals surface area contributed by atoms with Crippen molar-refractivity contribution in [1.29, 1.82) is 0 Å². The number of carbonyl (C=O) groups excluding carboxylic acids is 1. The maximum Gasteiger partial charge on any atom is 0.240 e. The van der Waals surface area contributed by atoms with Crippen LogP contribution in [0.25, 0.3) is 0 Å². The summed E-state index contributed by atoms with van der Waals surface area (Å²) in [6, 6.07) is 0.269. The van der Waals surface area contributed by atoms with Gasteiger partial charge >= 0.3 is 0 Å². The molecule has 0 radical (unpaired) electrons. The lowest BCUT2D eigenvalue weighted by Crippen LogP contribution is -2.55. The van der Waals surface area contributed by atoms with E-state index in [9.17, 15) is 4.79 Å². The van der Waals surface area contributed by atoms with Gasteiger partial charge in [0.05, 0.1) is 12.1 Å². The molecule has 112 valence electrons. The van der Waals surface area contributed by atoms with Crippen LogP contribution in [-0.4, -0.2) is 55.7 Å². The summed E-state index contributed by atoms with van der Waals surface area (Å²) in [5.41, 5.74) is 5.31. The molecule has 0 saturated carbocycles. The third-order valence-corrected chi connectivity index (χ3v) is 3.82. The van der Waals surface area contributed by atoms with E-state index in [0.717, 1.165) is 51.9 Å². The number of methoxy groups -OCH3 is 1. The summed E-state index contributed by atoms with van der Waals surface area (Å²) >= 11 is 0. The van der Waals surface area contributed by atoms with Gasteiger partial charge in [-0.2, -0.15) is 0 Å². The molecule has 1 unspecified atom stereocenters. The molecule has 0 bridgehead atoms. The molecule has 3 N–H and O–H groups in total. The van der Waals surface area contributed by atoms with E-state index >= 15 is 0 Å². The number of ether oxygens (including phenoxy) is 1. The fourth-order valence-electron chi connectivity index (χ4n) is 2.50. The monoisotopic (exact) mass is 271 g/mol. The highest BCUT2D eigenvalue weighted by atomic mass is 16.5. The molecule has 1 atom stereocenters. The van der Waals surface area contributed by atoms with E-state index < -0.39 is 5.54 Å². The fourth-order valence-corrected chi connectivity index (χ4v) is 2.50. The Bertz CT molecular complexity index is 274. The third kappa shape index (κ3) is 5.47. The van der Waals surface area contributed by atoms with E-state index in [1.807, 2.05) is 13.8 Å². The van der Waals surface area contributed by atoms with E-state index in [2.05, 4.69) is 10.2 Å². The number of rotatable bonds is 7. The van der Waals surface area contributed by atoms with Crippen LogP contribution >= 0.6 is 0 Å². The highest BCUT2D eigenvalue weighted by molar-refractivity contribution is 5.85. The molecule has 5 heteroatoms. The van der Waals surface area contributed by atoms with E-state index in [-0.39, 0.29) is 11.9 Å². The highest BCUT2D eigenvalue weighted by Crippen LogP contribution is 2.13. The second-order valence-corrected chi connectivity index (χ2v) is 5.75. The molecular weight excluding hydrogens is 242 g/mol. The molecular formula is C14H29N3O2. The van der Waals surface area contributed by atoms with Crippen molar-refractivity contribution in [1.82, 2.24) is 10.2 Å². The molecule has 0 aromatic heterocycles. The minimum atomic E-state index is -0.734. The van der Waals surface area contributed by atoms with Crippen LogP contribution in [0.5, 0.6) is 0 Å². The molecule has 0 aliphatic carbocycles. The van der Waals surface area contributed by atoms with Crippen molar-refractivity contribution >= 4 is 5.91 Å². The van der Waals surface area contributed by atoms with E-state index in [4.69, 9.17) is 10.5 Å². The molecule has 5 nitrogen and oxygen atoms in total. The Kier molecular flexibility index (Phi) is 6.75. The fraction of sp³-hybridized carbons (Fsp3) is 0.929. The van der Waals surface area contributed by atoms with E-state index in [1.165, 1.54) is 0 Å². The zero-order valence-corrected chi connectivity index (χ0v) is 12.6. The second kappa shape index (κ2) is 7.82. The van der Waals surface area contributed by atoms with Crippen LogP contribution in [0.1, 0.15) is 39.5 Å². The number of nitrogens with one attached hydrogen (secondary N) is 1.